The minimum Gasteiger partial charge on any atom is -0.0853 e. The van der Waals surface area contributed by atoms with Gasteiger partial charge in [0.25, 0.3) is 0 Å². The highest BCUT2D eigenvalue weighted by Gasteiger charge is 2.09. The van der Waals surface area contributed by atoms with Crippen LogP contribution >= 0.6 is 0 Å². The highest BCUT2D eigenvalue weighted by molar-refractivity contribution is 5.19. The first-order chi connectivity index (χ1) is 9.49. The lowest BCUT2D eigenvalue weighted by Gasteiger charge is -2.17. The smallest absolute Gasteiger partial charge is 0.0161 e. The fourth-order valence-electron chi connectivity index (χ4n) is 2.59. The Labute approximate surface area is 126 Å². The van der Waals surface area contributed by atoms with E-state index in [-0.39, 0.29) is 0 Å². The van der Waals surface area contributed by atoms with Gasteiger partial charge in [-0.2, -0.15) is 0 Å². The van der Waals surface area contributed by atoms with Gasteiger partial charge in [0.1, 0.15) is 0 Å². The van der Waals surface area contributed by atoms with Gasteiger partial charge >= 0.3 is 0 Å². The molecule has 0 heteroatoms. The zero-order valence-electron chi connectivity index (χ0n) is 14.1. The van der Waals surface area contributed by atoms with E-state index in [1.54, 1.807) is 5.57 Å². The summed E-state index contributed by atoms with van der Waals surface area (Å²) in [5.74, 6) is 1.42. The van der Waals surface area contributed by atoms with Gasteiger partial charge < -0.3 is 0 Å². The predicted octanol–water partition coefficient (Wildman–Crippen LogP) is 6.62. The second-order valence-corrected chi connectivity index (χ2v) is 6.63. The van der Waals surface area contributed by atoms with E-state index in [4.69, 9.17) is 0 Å². The standard InChI is InChI=1S/C20H32/c1-16(2)20-14-12-18(4)10-6-8-17(3)9-7-11-19(5)13-15-20/h8,10-12,14,16,20H,6-7,9,13,15H2,1-5H3/b14-12?,17-8-,18-10-,19-11-. The number of allylic oxidation sites excluding steroid dienone is 8. The quantitative estimate of drug-likeness (QED) is 0.471. The van der Waals surface area contributed by atoms with E-state index < -0.39 is 0 Å². The van der Waals surface area contributed by atoms with Crippen LogP contribution in [0.3, 0.4) is 0 Å². The molecule has 1 aliphatic carbocycles. The van der Waals surface area contributed by atoms with E-state index in [1.165, 1.54) is 36.8 Å². The second kappa shape index (κ2) is 9.00. The van der Waals surface area contributed by atoms with Crippen molar-refractivity contribution in [3.8, 4) is 0 Å². The first-order valence-corrected chi connectivity index (χ1v) is 8.15. The third-order valence-electron chi connectivity index (χ3n) is 4.27. The normalized spacial score (nSPS) is 30.7. The summed E-state index contributed by atoms with van der Waals surface area (Å²) < 4.78 is 0. The molecule has 1 aliphatic rings. The molecule has 0 saturated carbocycles. The fraction of sp³-hybridized carbons (Fsp3) is 0.600. The van der Waals surface area contributed by atoms with Gasteiger partial charge in [0, 0.05) is 0 Å². The van der Waals surface area contributed by atoms with Crippen LogP contribution in [0, 0.1) is 11.8 Å². The van der Waals surface area contributed by atoms with Crippen LogP contribution in [0.25, 0.3) is 0 Å². The molecule has 0 aromatic rings. The zero-order valence-corrected chi connectivity index (χ0v) is 14.1. The summed E-state index contributed by atoms with van der Waals surface area (Å²) >= 11 is 0. The molecule has 0 aromatic heterocycles. The van der Waals surface area contributed by atoms with Crippen molar-refractivity contribution in [3.05, 3.63) is 47.1 Å². The lowest BCUT2D eigenvalue weighted by atomic mass is 9.88. The van der Waals surface area contributed by atoms with Crippen molar-refractivity contribution in [2.75, 3.05) is 0 Å². The van der Waals surface area contributed by atoms with Crippen molar-refractivity contribution >= 4 is 0 Å². The molecule has 0 fully saturated rings. The summed E-state index contributed by atoms with van der Waals surface area (Å²) in [5, 5.41) is 0. The van der Waals surface area contributed by atoms with Crippen molar-refractivity contribution in [3.63, 3.8) is 0 Å². The van der Waals surface area contributed by atoms with Crippen molar-refractivity contribution < 1.29 is 0 Å². The van der Waals surface area contributed by atoms with Crippen molar-refractivity contribution in [1.82, 2.24) is 0 Å². The summed E-state index contributed by atoms with van der Waals surface area (Å²) in [7, 11) is 0. The van der Waals surface area contributed by atoms with Gasteiger partial charge in [-0.05, 0) is 64.7 Å². The molecular weight excluding hydrogens is 240 g/mol. The summed E-state index contributed by atoms with van der Waals surface area (Å²) in [4.78, 5) is 0. The summed E-state index contributed by atoms with van der Waals surface area (Å²) in [5.41, 5.74) is 4.46. The Morgan fingerprint density at radius 2 is 1.65 bits per heavy atom. The molecule has 0 N–H and O–H groups in total. The average Bonchev–Trinajstić information content (AvgIpc) is 2.37. The van der Waals surface area contributed by atoms with E-state index in [1.807, 2.05) is 0 Å². The van der Waals surface area contributed by atoms with E-state index in [9.17, 15) is 0 Å². The Balaban J connectivity index is 2.85. The number of hydrogen-bond acceptors (Lipinski definition) is 0. The number of rotatable bonds is 1. The Bertz CT molecular complexity index is 402. The molecule has 112 valence electrons. The molecule has 0 amide bonds. The van der Waals surface area contributed by atoms with Gasteiger partial charge in [0.05, 0.1) is 0 Å². The summed E-state index contributed by atoms with van der Waals surface area (Å²) in [6.07, 6.45) is 17.9. The van der Waals surface area contributed by atoms with Crippen LogP contribution in [0.1, 0.15) is 66.7 Å². The highest BCUT2D eigenvalue weighted by Crippen LogP contribution is 2.23. The SMILES string of the molecule is C/C1=C/C/C=C(/C)CC/C=C(/C)CCC(C(C)C)C=C1. The monoisotopic (exact) mass is 272 g/mol. The van der Waals surface area contributed by atoms with Crippen LogP contribution in [0.2, 0.25) is 0 Å². The molecule has 0 radical (unpaired) electrons. The molecule has 0 nitrogen and oxygen atoms in total. The van der Waals surface area contributed by atoms with Crippen LogP contribution in [-0.4, -0.2) is 0 Å². The third-order valence-corrected chi connectivity index (χ3v) is 4.27. The molecule has 20 heavy (non-hydrogen) atoms. The van der Waals surface area contributed by atoms with Crippen molar-refractivity contribution in [2.24, 2.45) is 11.8 Å². The Morgan fingerprint density at radius 1 is 0.950 bits per heavy atom. The van der Waals surface area contributed by atoms with Gasteiger partial charge in [-0.1, -0.05) is 60.9 Å². The maximum absolute atomic E-state index is 2.44. The minimum absolute atomic E-state index is 0.696. The molecule has 0 saturated heterocycles. The Kier molecular flexibility index (Phi) is 7.65. The first kappa shape index (κ1) is 17.0. The summed E-state index contributed by atoms with van der Waals surface area (Å²) in [6, 6.07) is 0. The predicted molar refractivity (Wildman–Crippen MR) is 91.8 cm³/mol. The largest absolute Gasteiger partial charge is 0.0853 e. The van der Waals surface area contributed by atoms with Crippen LogP contribution in [0.5, 0.6) is 0 Å². The molecule has 0 aliphatic heterocycles. The van der Waals surface area contributed by atoms with Gasteiger partial charge in [0.15, 0.2) is 0 Å². The summed E-state index contributed by atoms with van der Waals surface area (Å²) in [6.45, 7) is 11.4. The maximum Gasteiger partial charge on any atom is -0.0161 e. The van der Waals surface area contributed by atoms with E-state index >= 15 is 0 Å². The van der Waals surface area contributed by atoms with Gasteiger partial charge in [-0.15, -0.1) is 0 Å². The number of hydrogen-bond donors (Lipinski definition) is 0. The van der Waals surface area contributed by atoms with Crippen molar-refractivity contribution in [1.29, 1.82) is 0 Å². The average molecular weight is 272 g/mol. The molecular formula is C20H32. The van der Waals surface area contributed by atoms with Gasteiger partial charge in [-0.3, -0.25) is 0 Å². The fourth-order valence-corrected chi connectivity index (χ4v) is 2.59. The van der Waals surface area contributed by atoms with Gasteiger partial charge in [0.2, 0.25) is 0 Å². The lowest BCUT2D eigenvalue weighted by Crippen LogP contribution is -2.05. The molecule has 0 aromatic carbocycles. The maximum atomic E-state index is 2.44. The van der Waals surface area contributed by atoms with Crippen molar-refractivity contribution in [2.45, 2.75) is 66.7 Å². The molecule has 0 heterocycles. The highest BCUT2D eigenvalue weighted by atomic mass is 14.1. The van der Waals surface area contributed by atoms with E-state index in [0.29, 0.717) is 5.92 Å². The van der Waals surface area contributed by atoms with Crippen LogP contribution < -0.4 is 0 Å². The van der Waals surface area contributed by atoms with E-state index in [0.717, 1.165) is 12.3 Å². The second-order valence-electron chi connectivity index (χ2n) is 6.63. The molecule has 1 rings (SSSR count). The zero-order chi connectivity index (χ0) is 15.0. The Hall–Kier alpha value is -1.04. The van der Waals surface area contributed by atoms with Crippen LogP contribution in [0.15, 0.2) is 47.1 Å². The van der Waals surface area contributed by atoms with Crippen LogP contribution in [0.4, 0.5) is 0 Å². The van der Waals surface area contributed by atoms with E-state index in [2.05, 4.69) is 65.0 Å². The molecule has 1 unspecified atom stereocenters. The molecule has 0 bridgehead atoms. The topological polar surface area (TPSA) is 0 Å². The van der Waals surface area contributed by atoms with Crippen LogP contribution in [-0.2, 0) is 0 Å². The molecule has 1 atom stereocenters. The first-order valence-electron chi connectivity index (χ1n) is 8.15. The lowest BCUT2D eigenvalue weighted by molar-refractivity contribution is 0.435. The van der Waals surface area contributed by atoms with Gasteiger partial charge in [-0.25, -0.2) is 0 Å². The molecule has 0 spiro atoms. The minimum atomic E-state index is 0.696. The Morgan fingerprint density at radius 3 is 2.35 bits per heavy atom. The third kappa shape index (κ3) is 6.93.